The van der Waals surface area contributed by atoms with Crippen LogP contribution in [0.3, 0.4) is 0 Å². The SMILES string of the molecule is CCc1ccc(CNc2cnc(C(C)C)nc2C(=O)O)s1. The molecule has 2 N–H and O–H groups in total. The second kappa shape index (κ2) is 6.67. The van der Waals surface area contributed by atoms with E-state index in [1.165, 1.54) is 4.88 Å². The standard InChI is InChI=1S/C15H19N3O2S/c1-4-10-5-6-11(21-10)7-16-12-8-17-14(9(2)3)18-13(12)15(19)20/h5-6,8-9,16H,4,7H2,1-3H3,(H,19,20). The highest BCUT2D eigenvalue weighted by molar-refractivity contribution is 7.12. The van der Waals surface area contributed by atoms with E-state index in [-0.39, 0.29) is 11.6 Å². The van der Waals surface area contributed by atoms with E-state index in [0.29, 0.717) is 18.1 Å². The first-order chi connectivity index (χ1) is 10.0. The predicted octanol–water partition coefficient (Wildman–Crippen LogP) is 3.53. The molecule has 112 valence electrons. The predicted molar refractivity (Wildman–Crippen MR) is 84.1 cm³/mol. The van der Waals surface area contributed by atoms with Crippen LogP contribution in [-0.4, -0.2) is 21.0 Å². The Hall–Kier alpha value is -1.95. The molecule has 0 atom stereocenters. The fourth-order valence-corrected chi connectivity index (χ4v) is 2.75. The number of carboxylic acids is 1. The van der Waals surface area contributed by atoms with Crippen LogP contribution in [0.4, 0.5) is 5.69 Å². The maximum atomic E-state index is 11.3. The Morgan fingerprint density at radius 3 is 2.67 bits per heavy atom. The van der Waals surface area contributed by atoms with Gasteiger partial charge in [0.15, 0.2) is 5.69 Å². The number of rotatable bonds is 6. The summed E-state index contributed by atoms with van der Waals surface area (Å²) in [6.07, 6.45) is 2.57. The number of anilines is 1. The van der Waals surface area contributed by atoms with Gasteiger partial charge in [-0.05, 0) is 18.6 Å². The van der Waals surface area contributed by atoms with E-state index in [0.717, 1.165) is 11.3 Å². The monoisotopic (exact) mass is 305 g/mol. The lowest BCUT2D eigenvalue weighted by molar-refractivity contribution is 0.0691. The summed E-state index contributed by atoms with van der Waals surface area (Å²) < 4.78 is 0. The zero-order chi connectivity index (χ0) is 15.4. The summed E-state index contributed by atoms with van der Waals surface area (Å²) in [5, 5.41) is 12.4. The lowest BCUT2D eigenvalue weighted by atomic mass is 10.2. The third kappa shape index (κ3) is 3.78. The van der Waals surface area contributed by atoms with Crippen LogP contribution < -0.4 is 5.32 Å². The van der Waals surface area contributed by atoms with Gasteiger partial charge in [0.1, 0.15) is 5.82 Å². The van der Waals surface area contributed by atoms with Crippen LogP contribution in [0.5, 0.6) is 0 Å². The van der Waals surface area contributed by atoms with Crippen LogP contribution in [0.2, 0.25) is 0 Å². The summed E-state index contributed by atoms with van der Waals surface area (Å²) in [6.45, 7) is 6.57. The molecule has 21 heavy (non-hydrogen) atoms. The average Bonchev–Trinajstić information content (AvgIpc) is 2.92. The topological polar surface area (TPSA) is 75.1 Å². The molecular formula is C15H19N3O2S. The quantitative estimate of drug-likeness (QED) is 0.854. The first-order valence-corrected chi connectivity index (χ1v) is 7.74. The molecule has 0 amide bonds. The number of hydrogen-bond acceptors (Lipinski definition) is 5. The molecular weight excluding hydrogens is 286 g/mol. The molecule has 2 aromatic rings. The maximum absolute atomic E-state index is 11.3. The molecule has 0 radical (unpaired) electrons. The molecule has 2 heterocycles. The minimum Gasteiger partial charge on any atom is -0.476 e. The van der Waals surface area contributed by atoms with Crippen LogP contribution in [0, 0.1) is 0 Å². The largest absolute Gasteiger partial charge is 0.476 e. The van der Waals surface area contributed by atoms with E-state index in [2.05, 4.69) is 34.3 Å². The fraction of sp³-hybridized carbons (Fsp3) is 0.400. The average molecular weight is 305 g/mol. The van der Waals surface area contributed by atoms with Crippen molar-refractivity contribution < 1.29 is 9.90 Å². The van der Waals surface area contributed by atoms with Gasteiger partial charge in [0, 0.05) is 22.2 Å². The van der Waals surface area contributed by atoms with Crippen molar-refractivity contribution in [3.05, 3.63) is 39.6 Å². The van der Waals surface area contributed by atoms with Crippen molar-refractivity contribution in [2.24, 2.45) is 0 Å². The van der Waals surface area contributed by atoms with Gasteiger partial charge in [-0.3, -0.25) is 0 Å². The van der Waals surface area contributed by atoms with Crippen LogP contribution in [0.25, 0.3) is 0 Å². The van der Waals surface area contributed by atoms with Gasteiger partial charge >= 0.3 is 5.97 Å². The number of nitrogens with one attached hydrogen (secondary N) is 1. The number of carbonyl (C=O) groups is 1. The number of hydrogen-bond donors (Lipinski definition) is 2. The normalized spacial score (nSPS) is 10.9. The van der Waals surface area contributed by atoms with Crippen LogP contribution in [0.15, 0.2) is 18.3 Å². The highest BCUT2D eigenvalue weighted by Gasteiger charge is 2.15. The van der Waals surface area contributed by atoms with Crippen molar-refractivity contribution in [1.82, 2.24) is 9.97 Å². The summed E-state index contributed by atoms with van der Waals surface area (Å²) in [6, 6.07) is 4.15. The fourth-order valence-electron chi connectivity index (χ4n) is 1.86. The second-order valence-electron chi connectivity index (χ2n) is 5.03. The van der Waals surface area contributed by atoms with Crippen LogP contribution in [-0.2, 0) is 13.0 Å². The van der Waals surface area contributed by atoms with Crippen molar-refractivity contribution in [3.63, 3.8) is 0 Å². The molecule has 0 bridgehead atoms. The first kappa shape index (κ1) is 15.4. The van der Waals surface area contributed by atoms with Gasteiger partial charge in [-0.15, -0.1) is 11.3 Å². The molecule has 0 aliphatic carbocycles. The van der Waals surface area contributed by atoms with Gasteiger partial charge < -0.3 is 10.4 Å². The third-order valence-electron chi connectivity index (χ3n) is 3.05. The molecule has 0 fully saturated rings. The number of aromatic carboxylic acids is 1. The zero-order valence-electron chi connectivity index (χ0n) is 12.4. The van der Waals surface area contributed by atoms with Crippen molar-refractivity contribution in [2.75, 3.05) is 5.32 Å². The van der Waals surface area contributed by atoms with Gasteiger partial charge in [-0.25, -0.2) is 14.8 Å². The Kier molecular flexibility index (Phi) is 4.90. The van der Waals surface area contributed by atoms with Gasteiger partial charge in [0.05, 0.1) is 11.9 Å². The van der Waals surface area contributed by atoms with Crippen molar-refractivity contribution in [3.8, 4) is 0 Å². The molecule has 0 aliphatic heterocycles. The van der Waals surface area contributed by atoms with Gasteiger partial charge in [0.25, 0.3) is 0 Å². The number of aromatic nitrogens is 2. The lowest BCUT2D eigenvalue weighted by Gasteiger charge is -2.10. The van der Waals surface area contributed by atoms with Gasteiger partial charge in [-0.1, -0.05) is 20.8 Å². The zero-order valence-corrected chi connectivity index (χ0v) is 13.2. The number of thiophene rings is 1. The molecule has 0 saturated heterocycles. The minimum atomic E-state index is -1.04. The van der Waals surface area contributed by atoms with E-state index in [9.17, 15) is 9.90 Å². The summed E-state index contributed by atoms with van der Waals surface area (Å²) in [7, 11) is 0. The highest BCUT2D eigenvalue weighted by Crippen LogP contribution is 2.20. The Balaban J connectivity index is 2.17. The van der Waals surface area contributed by atoms with E-state index in [1.54, 1.807) is 17.5 Å². The van der Waals surface area contributed by atoms with Crippen molar-refractivity contribution in [1.29, 1.82) is 0 Å². The van der Waals surface area contributed by atoms with Crippen LogP contribution in [0.1, 0.15) is 52.8 Å². The van der Waals surface area contributed by atoms with Crippen molar-refractivity contribution in [2.45, 2.75) is 39.7 Å². The van der Waals surface area contributed by atoms with Crippen LogP contribution >= 0.6 is 11.3 Å². The third-order valence-corrected chi connectivity index (χ3v) is 4.27. The highest BCUT2D eigenvalue weighted by atomic mass is 32.1. The molecule has 5 nitrogen and oxygen atoms in total. The first-order valence-electron chi connectivity index (χ1n) is 6.93. The van der Waals surface area contributed by atoms with E-state index in [4.69, 9.17) is 0 Å². The Morgan fingerprint density at radius 2 is 2.10 bits per heavy atom. The second-order valence-corrected chi connectivity index (χ2v) is 6.28. The van der Waals surface area contributed by atoms with E-state index >= 15 is 0 Å². The number of nitrogens with zero attached hydrogens (tertiary/aromatic N) is 2. The number of carboxylic acid groups (broad SMARTS) is 1. The molecule has 0 aromatic carbocycles. The van der Waals surface area contributed by atoms with Gasteiger partial charge in [-0.2, -0.15) is 0 Å². The summed E-state index contributed by atoms with van der Waals surface area (Å²) in [5.74, 6) is -0.397. The number of aryl methyl sites for hydroxylation is 1. The Bertz CT molecular complexity index is 638. The summed E-state index contributed by atoms with van der Waals surface area (Å²) in [4.78, 5) is 22.2. The molecule has 6 heteroatoms. The van der Waals surface area contributed by atoms with Crippen molar-refractivity contribution >= 4 is 23.0 Å². The molecule has 2 aromatic heterocycles. The maximum Gasteiger partial charge on any atom is 0.356 e. The molecule has 0 spiro atoms. The Labute approximate surface area is 128 Å². The van der Waals surface area contributed by atoms with E-state index in [1.807, 2.05) is 13.8 Å². The lowest BCUT2D eigenvalue weighted by Crippen LogP contribution is -2.11. The minimum absolute atomic E-state index is 0.0287. The molecule has 2 rings (SSSR count). The molecule has 0 aliphatic rings. The Morgan fingerprint density at radius 1 is 1.38 bits per heavy atom. The van der Waals surface area contributed by atoms with Gasteiger partial charge in [0.2, 0.25) is 0 Å². The van der Waals surface area contributed by atoms with E-state index < -0.39 is 5.97 Å². The molecule has 0 unspecified atom stereocenters. The molecule has 0 saturated carbocycles. The summed E-state index contributed by atoms with van der Waals surface area (Å²) in [5.41, 5.74) is 0.485. The summed E-state index contributed by atoms with van der Waals surface area (Å²) >= 11 is 1.72. The smallest absolute Gasteiger partial charge is 0.356 e.